The summed E-state index contributed by atoms with van der Waals surface area (Å²) in [6.45, 7) is 3.64. The maximum absolute atomic E-state index is 5.47. The van der Waals surface area contributed by atoms with Gasteiger partial charge >= 0.3 is 0 Å². The molecule has 2 aromatic heterocycles. The van der Waals surface area contributed by atoms with Crippen molar-refractivity contribution in [2.75, 3.05) is 30.9 Å². The van der Waals surface area contributed by atoms with Crippen molar-refractivity contribution in [3.63, 3.8) is 0 Å². The number of hydrogen-bond acceptors (Lipinski definition) is 7. The van der Waals surface area contributed by atoms with Crippen LogP contribution in [0.4, 0.5) is 11.6 Å². The highest BCUT2D eigenvalue weighted by molar-refractivity contribution is 7.07. The molecule has 108 valence electrons. The van der Waals surface area contributed by atoms with E-state index in [0.717, 1.165) is 30.3 Å². The van der Waals surface area contributed by atoms with Crippen LogP contribution in [-0.2, 0) is 6.54 Å². The van der Waals surface area contributed by atoms with Gasteiger partial charge in [0.2, 0.25) is 5.75 Å². The monoisotopic (exact) mass is 293 g/mol. The Kier molecular flexibility index (Phi) is 5.11. The van der Waals surface area contributed by atoms with Gasteiger partial charge in [0.15, 0.2) is 11.6 Å². The van der Waals surface area contributed by atoms with Crippen LogP contribution in [0.15, 0.2) is 17.2 Å². The largest absolute Gasteiger partial charge is 0.490 e. The first kappa shape index (κ1) is 14.5. The average molecular weight is 293 g/mol. The number of anilines is 2. The molecule has 0 fully saturated rings. The molecule has 0 aliphatic rings. The first-order valence-corrected chi connectivity index (χ1v) is 7.41. The van der Waals surface area contributed by atoms with E-state index in [-0.39, 0.29) is 0 Å². The summed E-state index contributed by atoms with van der Waals surface area (Å²) < 4.78 is 5.47. The first-order valence-electron chi connectivity index (χ1n) is 6.47. The lowest BCUT2D eigenvalue weighted by molar-refractivity contribution is 0.412. The molecular formula is C13H19N5OS. The van der Waals surface area contributed by atoms with Crippen molar-refractivity contribution in [1.29, 1.82) is 0 Å². The van der Waals surface area contributed by atoms with Gasteiger partial charge in [-0.25, -0.2) is 15.0 Å². The molecule has 0 aliphatic heterocycles. The molecule has 0 saturated carbocycles. The van der Waals surface area contributed by atoms with E-state index in [0.29, 0.717) is 12.3 Å². The van der Waals surface area contributed by atoms with Crippen LogP contribution in [0.1, 0.15) is 19.0 Å². The molecular weight excluding hydrogens is 274 g/mol. The molecule has 7 heteroatoms. The van der Waals surface area contributed by atoms with Crippen LogP contribution < -0.4 is 15.0 Å². The summed E-state index contributed by atoms with van der Waals surface area (Å²) in [5, 5.41) is 5.28. The molecule has 0 saturated heterocycles. The third-order valence-corrected chi connectivity index (χ3v) is 3.41. The second-order valence-electron chi connectivity index (χ2n) is 4.34. The zero-order valence-corrected chi connectivity index (χ0v) is 12.8. The van der Waals surface area contributed by atoms with Gasteiger partial charge < -0.3 is 15.0 Å². The molecule has 0 unspecified atom stereocenters. The average Bonchev–Trinajstić information content (AvgIpc) is 2.97. The molecule has 2 aromatic rings. The molecule has 0 aliphatic carbocycles. The number of hydrogen-bond donors (Lipinski definition) is 1. The summed E-state index contributed by atoms with van der Waals surface area (Å²) in [5.41, 5.74) is 2.84. The van der Waals surface area contributed by atoms with E-state index in [2.05, 4.69) is 27.2 Å². The molecule has 2 heterocycles. The second kappa shape index (κ2) is 7.04. The Morgan fingerprint density at radius 2 is 2.20 bits per heavy atom. The number of ether oxygens (including phenoxy) is 1. The van der Waals surface area contributed by atoms with Crippen molar-refractivity contribution < 1.29 is 4.74 Å². The fourth-order valence-electron chi connectivity index (χ4n) is 1.83. The van der Waals surface area contributed by atoms with Gasteiger partial charge in [-0.3, -0.25) is 0 Å². The van der Waals surface area contributed by atoms with Gasteiger partial charge in [0, 0.05) is 19.0 Å². The van der Waals surface area contributed by atoms with Crippen LogP contribution in [0.2, 0.25) is 0 Å². The lowest BCUT2D eigenvalue weighted by Gasteiger charge is -2.20. The van der Waals surface area contributed by atoms with Gasteiger partial charge in [-0.1, -0.05) is 6.92 Å². The van der Waals surface area contributed by atoms with Crippen LogP contribution in [0.25, 0.3) is 0 Å². The topological polar surface area (TPSA) is 63.2 Å². The van der Waals surface area contributed by atoms with Crippen LogP contribution in [-0.4, -0.2) is 35.7 Å². The minimum Gasteiger partial charge on any atom is -0.490 e. The number of nitrogens with one attached hydrogen (secondary N) is 1. The molecule has 20 heavy (non-hydrogen) atoms. The van der Waals surface area contributed by atoms with E-state index in [1.165, 1.54) is 0 Å². The molecule has 0 bridgehead atoms. The van der Waals surface area contributed by atoms with Gasteiger partial charge in [-0.2, -0.15) is 0 Å². The number of methoxy groups -OCH3 is 1. The Hall–Kier alpha value is -1.89. The van der Waals surface area contributed by atoms with Gasteiger partial charge in [0.05, 0.1) is 24.9 Å². The highest BCUT2D eigenvalue weighted by atomic mass is 32.1. The smallest absolute Gasteiger partial charge is 0.204 e. The second-order valence-corrected chi connectivity index (χ2v) is 5.06. The van der Waals surface area contributed by atoms with Gasteiger partial charge in [0.1, 0.15) is 6.33 Å². The van der Waals surface area contributed by atoms with Gasteiger partial charge in [0.25, 0.3) is 0 Å². The fourth-order valence-corrected chi connectivity index (χ4v) is 2.38. The quantitative estimate of drug-likeness (QED) is 0.845. The maximum Gasteiger partial charge on any atom is 0.204 e. The Morgan fingerprint density at radius 3 is 2.85 bits per heavy atom. The molecule has 6 nitrogen and oxygen atoms in total. The summed E-state index contributed by atoms with van der Waals surface area (Å²) in [7, 11) is 3.60. The third-order valence-electron chi connectivity index (χ3n) is 2.78. The summed E-state index contributed by atoms with van der Waals surface area (Å²) in [6, 6.07) is 0. The van der Waals surface area contributed by atoms with E-state index in [9.17, 15) is 0 Å². The predicted molar refractivity (Wildman–Crippen MR) is 81.6 cm³/mol. The molecule has 0 atom stereocenters. The van der Waals surface area contributed by atoms with Crippen LogP contribution in [0.3, 0.4) is 0 Å². The molecule has 0 amide bonds. The summed E-state index contributed by atoms with van der Waals surface area (Å²) >= 11 is 1.59. The molecule has 0 spiro atoms. The predicted octanol–water partition coefficient (Wildman–Crippen LogP) is 2.40. The Bertz CT molecular complexity index is 532. The standard InChI is InChI=1S/C13H19N5OS/c1-4-5-14-12-11(19-3)13(16-8-15-12)18(2)6-10-7-20-9-17-10/h7-9H,4-6H2,1-3H3,(H,14,15,16). The summed E-state index contributed by atoms with van der Waals surface area (Å²) in [6.07, 6.45) is 2.57. The van der Waals surface area contributed by atoms with Crippen molar-refractivity contribution in [3.8, 4) is 5.75 Å². The van der Waals surface area contributed by atoms with E-state index in [1.807, 2.05) is 22.8 Å². The van der Waals surface area contributed by atoms with E-state index >= 15 is 0 Å². The van der Waals surface area contributed by atoms with Crippen molar-refractivity contribution in [1.82, 2.24) is 15.0 Å². The fraction of sp³-hybridized carbons (Fsp3) is 0.462. The van der Waals surface area contributed by atoms with Crippen molar-refractivity contribution in [3.05, 3.63) is 22.9 Å². The lowest BCUT2D eigenvalue weighted by Crippen LogP contribution is -2.19. The van der Waals surface area contributed by atoms with Crippen LogP contribution in [0.5, 0.6) is 5.75 Å². The maximum atomic E-state index is 5.47. The van der Waals surface area contributed by atoms with E-state index < -0.39 is 0 Å². The Morgan fingerprint density at radius 1 is 1.35 bits per heavy atom. The minimum atomic E-state index is 0.665. The number of thiazole rings is 1. The normalized spacial score (nSPS) is 10.3. The highest BCUT2D eigenvalue weighted by Gasteiger charge is 2.16. The molecule has 1 N–H and O–H groups in total. The zero-order valence-electron chi connectivity index (χ0n) is 12.0. The van der Waals surface area contributed by atoms with Crippen molar-refractivity contribution >= 4 is 23.0 Å². The molecule has 2 rings (SSSR count). The lowest BCUT2D eigenvalue weighted by atomic mass is 10.3. The molecule has 0 radical (unpaired) electrons. The van der Waals surface area contributed by atoms with Crippen LogP contribution >= 0.6 is 11.3 Å². The Labute approximate surface area is 122 Å². The van der Waals surface area contributed by atoms with Crippen molar-refractivity contribution in [2.45, 2.75) is 19.9 Å². The molecule has 0 aromatic carbocycles. The number of rotatable bonds is 7. The van der Waals surface area contributed by atoms with Gasteiger partial charge in [-0.15, -0.1) is 11.3 Å². The van der Waals surface area contributed by atoms with E-state index in [4.69, 9.17) is 4.74 Å². The minimum absolute atomic E-state index is 0.665. The summed E-state index contributed by atoms with van der Waals surface area (Å²) in [4.78, 5) is 14.9. The zero-order chi connectivity index (χ0) is 14.4. The first-order chi connectivity index (χ1) is 9.76. The van der Waals surface area contributed by atoms with Gasteiger partial charge in [-0.05, 0) is 6.42 Å². The SMILES string of the molecule is CCCNc1ncnc(N(C)Cc2cscn2)c1OC. The third kappa shape index (κ3) is 3.36. The number of nitrogens with zero attached hydrogens (tertiary/aromatic N) is 4. The number of aromatic nitrogens is 3. The highest BCUT2D eigenvalue weighted by Crippen LogP contribution is 2.31. The van der Waals surface area contributed by atoms with E-state index in [1.54, 1.807) is 24.8 Å². The summed E-state index contributed by atoms with van der Waals surface area (Å²) in [5.74, 6) is 2.15. The van der Waals surface area contributed by atoms with Crippen LogP contribution in [0, 0.1) is 0 Å². The van der Waals surface area contributed by atoms with Crippen molar-refractivity contribution in [2.24, 2.45) is 0 Å². The Balaban J connectivity index is 2.21.